The molecule has 3 heteroatoms. The van der Waals surface area contributed by atoms with Crippen molar-refractivity contribution in [3.63, 3.8) is 0 Å². The summed E-state index contributed by atoms with van der Waals surface area (Å²) in [6.07, 6.45) is 1.17. The molecule has 0 heterocycles. The molecule has 10 heavy (non-hydrogen) atoms. The molecule has 0 aliphatic carbocycles. The normalized spacial score (nSPS) is 15.3. The maximum absolute atomic E-state index is 5.70. The predicted molar refractivity (Wildman–Crippen MR) is 47.2 cm³/mol. The van der Waals surface area contributed by atoms with E-state index < -0.39 is 9.20 Å². The number of rotatable bonds is 3. The van der Waals surface area contributed by atoms with Crippen LogP contribution in [0.15, 0.2) is 0 Å². The minimum absolute atomic E-state index is 0.406. The van der Waals surface area contributed by atoms with E-state index >= 15 is 0 Å². The average Bonchev–Trinajstić information content (AvgIpc) is 1.81. The molecule has 0 fully saturated rings. The Balaban J connectivity index is 3.36. The van der Waals surface area contributed by atoms with Crippen LogP contribution in [0.4, 0.5) is 0 Å². The molecule has 1 unspecified atom stereocenters. The van der Waals surface area contributed by atoms with Crippen LogP contribution >= 0.6 is 0 Å². The third-order valence-corrected chi connectivity index (χ3v) is 2.94. The maximum Gasteiger partial charge on any atom is 0.249 e. The van der Waals surface area contributed by atoms with Gasteiger partial charge in [0.05, 0.1) is 0 Å². The van der Waals surface area contributed by atoms with Gasteiger partial charge < -0.3 is 9.83 Å². The lowest BCUT2D eigenvalue weighted by Gasteiger charge is -2.18. The van der Waals surface area contributed by atoms with Crippen LogP contribution in [0.5, 0.6) is 0 Å². The lowest BCUT2D eigenvalue weighted by atomic mass is 9.94. The molecule has 0 spiro atoms. The maximum atomic E-state index is 5.70. The molecule has 1 atom stereocenters. The average molecular weight is 161 g/mol. The van der Waals surface area contributed by atoms with Crippen molar-refractivity contribution >= 4 is 9.20 Å². The number of hydrogen-bond donors (Lipinski definition) is 1. The van der Waals surface area contributed by atoms with Crippen molar-refractivity contribution in [2.24, 2.45) is 10.8 Å². The van der Waals surface area contributed by atoms with Gasteiger partial charge in [0.25, 0.3) is 0 Å². The number of hydrogen-bond acceptors (Lipinski definition) is 2. The molecule has 2 N–H and O–H groups in total. The van der Waals surface area contributed by atoms with Crippen LogP contribution < -0.4 is 5.40 Å². The SMILES string of the molecule is CO[SiH](N)CCC(C)(C)C. The van der Waals surface area contributed by atoms with Gasteiger partial charge >= 0.3 is 0 Å². The van der Waals surface area contributed by atoms with E-state index in [4.69, 9.17) is 9.83 Å². The first-order valence-corrected chi connectivity index (χ1v) is 5.69. The molecule has 0 aromatic carbocycles. The molecule has 0 amide bonds. The van der Waals surface area contributed by atoms with Crippen LogP contribution in [0.2, 0.25) is 6.04 Å². The summed E-state index contributed by atoms with van der Waals surface area (Å²) in [6.45, 7) is 6.68. The summed E-state index contributed by atoms with van der Waals surface area (Å²) in [7, 11) is 0.427. The minimum Gasteiger partial charge on any atom is -0.409 e. The summed E-state index contributed by atoms with van der Waals surface area (Å²) < 4.78 is 5.06. The highest BCUT2D eigenvalue weighted by atomic mass is 28.3. The quantitative estimate of drug-likeness (QED) is 0.632. The van der Waals surface area contributed by atoms with Gasteiger partial charge in [-0.15, -0.1) is 0 Å². The minimum atomic E-state index is -1.28. The van der Waals surface area contributed by atoms with Gasteiger partial charge in [-0.05, 0) is 17.9 Å². The first-order valence-electron chi connectivity index (χ1n) is 3.74. The molecule has 0 aliphatic heterocycles. The standard InChI is InChI=1S/C7H19NOSi/c1-7(2,3)5-6-10(8)9-4/h10H,5-6,8H2,1-4H3. The van der Waals surface area contributed by atoms with E-state index in [1.165, 1.54) is 6.42 Å². The van der Waals surface area contributed by atoms with Gasteiger partial charge in [0.15, 0.2) is 0 Å². The second-order valence-electron chi connectivity index (χ2n) is 3.87. The van der Waals surface area contributed by atoms with Crippen molar-refractivity contribution in [1.29, 1.82) is 0 Å². The Morgan fingerprint density at radius 1 is 1.40 bits per heavy atom. The van der Waals surface area contributed by atoms with Crippen molar-refractivity contribution in [1.82, 2.24) is 0 Å². The van der Waals surface area contributed by atoms with Crippen molar-refractivity contribution in [3.8, 4) is 0 Å². The summed E-state index contributed by atoms with van der Waals surface area (Å²) in [5.41, 5.74) is 0.406. The molecule has 0 radical (unpaired) electrons. The summed E-state index contributed by atoms with van der Waals surface area (Å²) in [5, 5.41) is 5.70. The molecule has 0 rings (SSSR count). The fourth-order valence-electron chi connectivity index (χ4n) is 0.693. The molecule has 0 aromatic heterocycles. The molecule has 2 nitrogen and oxygen atoms in total. The Morgan fingerprint density at radius 2 is 1.90 bits per heavy atom. The van der Waals surface area contributed by atoms with Crippen LogP contribution in [-0.2, 0) is 4.43 Å². The molecule has 0 bridgehead atoms. The molecule has 62 valence electrons. The van der Waals surface area contributed by atoms with Crippen molar-refractivity contribution in [3.05, 3.63) is 0 Å². The van der Waals surface area contributed by atoms with Gasteiger partial charge in [-0.25, -0.2) is 0 Å². The summed E-state index contributed by atoms with van der Waals surface area (Å²) in [6, 6.07) is 1.08. The lowest BCUT2D eigenvalue weighted by Crippen LogP contribution is -2.29. The third-order valence-electron chi connectivity index (χ3n) is 1.48. The third kappa shape index (κ3) is 6.26. The lowest BCUT2D eigenvalue weighted by molar-refractivity contribution is 0.371. The first kappa shape index (κ1) is 10.1. The van der Waals surface area contributed by atoms with Crippen LogP contribution in [0, 0.1) is 5.41 Å². The zero-order valence-electron chi connectivity index (χ0n) is 7.48. The Morgan fingerprint density at radius 3 is 2.20 bits per heavy atom. The van der Waals surface area contributed by atoms with E-state index in [1.807, 2.05) is 0 Å². The zero-order valence-corrected chi connectivity index (χ0v) is 8.63. The molecule has 0 aliphatic rings. The Hall–Kier alpha value is 0.137. The van der Waals surface area contributed by atoms with E-state index in [0.717, 1.165) is 6.04 Å². The van der Waals surface area contributed by atoms with Gasteiger partial charge in [-0.3, -0.25) is 0 Å². The highest BCUT2D eigenvalue weighted by Gasteiger charge is 2.13. The molecule has 0 aromatic rings. The Labute approximate surface area is 65.6 Å². The van der Waals surface area contributed by atoms with Crippen LogP contribution in [0.25, 0.3) is 0 Å². The van der Waals surface area contributed by atoms with E-state index in [9.17, 15) is 0 Å². The van der Waals surface area contributed by atoms with E-state index in [0.29, 0.717) is 5.41 Å². The summed E-state index contributed by atoms with van der Waals surface area (Å²) in [5.74, 6) is 0. The second-order valence-corrected chi connectivity index (χ2v) is 6.00. The fourth-order valence-corrected chi connectivity index (χ4v) is 2.08. The molecule has 0 saturated carbocycles. The van der Waals surface area contributed by atoms with Gasteiger partial charge in [-0.1, -0.05) is 20.8 Å². The molecule has 0 saturated heterocycles. The van der Waals surface area contributed by atoms with Gasteiger partial charge in [-0.2, -0.15) is 0 Å². The van der Waals surface area contributed by atoms with Crippen molar-refractivity contribution < 1.29 is 4.43 Å². The van der Waals surface area contributed by atoms with E-state index in [2.05, 4.69) is 20.8 Å². The van der Waals surface area contributed by atoms with Crippen LogP contribution in [0.3, 0.4) is 0 Å². The summed E-state index contributed by atoms with van der Waals surface area (Å²) >= 11 is 0. The highest BCUT2D eigenvalue weighted by molar-refractivity contribution is 6.47. The largest absolute Gasteiger partial charge is 0.409 e. The molecular weight excluding hydrogens is 142 g/mol. The fraction of sp³-hybridized carbons (Fsp3) is 1.00. The van der Waals surface area contributed by atoms with Gasteiger partial charge in [0.1, 0.15) is 0 Å². The van der Waals surface area contributed by atoms with Crippen molar-refractivity contribution in [2.75, 3.05) is 7.11 Å². The highest BCUT2D eigenvalue weighted by Crippen LogP contribution is 2.20. The van der Waals surface area contributed by atoms with E-state index in [1.54, 1.807) is 7.11 Å². The summed E-state index contributed by atoms with van der Waals surface area (Å²) in [4.78, 5) is 0. The van der Waals surface area contributed by atoms with Crippen LogP contribution in [0.1, 0.15) is 27.2 Å². The Kier molecular flexibility index (Phi) is 4.16. The Bertz CT molecular complexity index is 90.1. The van der Waals surface area contributed by atoms with Crippen molar-refractivity contribution in [2.45, 2.75) is 33.2 Å². The smallest absolute Gasteiger partial charge is 0.249 e. The number of nitrogens with two attached hydrogens (primary N) is 1. The molecular formula is C7H19NOSi. The van der Waals surface area contributed by atoms with Gasteiger partial charge in [0.2, 0.25) is 9.20 Å². The zero-order chi connectivity index (χ0) is 8.20. The predicted octanol–water partition coefficient (Wildman–Crippen LogP) is 1.25. The van der Waals surface area contributed by atoms with Crippen LogP contribution in [-0.4, -0.2) is 16.3 Å². The monoisotopic (exact) mass is 161 g/mol. The van der Waals surface area contributed by atoms with E-state index in [-0.39, 0.29) is 0 Å². The second kappa shape index (κ2) is 4.11. The topological polar surface area (TPSA) is 35.2 Å². The first-order chi connectivity index (χ1) is 4.45. The van der Waals surface area contributed by atoms with Gasteiger partial charge in [0, 0.05) is 7.11 Å².